The van der Waals surface area contributed by atoms with Crippen LogP contribution >= 0.6 is 15.9 Å². The maximum Gasteiger partial charge on any atom is 0.249 e. The van der Waals surface area contributed by atoms with Crippen molar-refractivity contribution in [3.05, 3.63) is 61.2 Å². The van der Waals surface area contributed by atoms with Crippen molar-refractivity contribution in [3.8, 4) is 0 Å². The monoisotopic (exact) mass is 643 g/mol. The molecule has 3 unspecified atom stereocenters. The number of rotatable bonds is 12. The van der Waals surface area contributed by atoms with Gasteiger partial charge in [0.2, 0.25) is 17.7 Å². The fraction of sp³-hybridized carbons (Fsp3) is 0.606. The SMILES string of the molecule is C=CCN(Cc1ccccc1)C(=O)[C@H]1[C@@H]2OC3(CC2Br)C(C(=O)N(CC=C)C(C)(C)C)N([C@@H](CO)CC(C)C)C(=O)[C@H]13. The van der Waals surface area contributed by atoms with E-state index in [-0.39, 0.29) is 35.1 Å². The van der Waals surface area contributed by atoms with Gasteiger partial charge in [0, 0.05) is 30.0 Å². The van der Waals surface area contributed by atoms with Crippen LogP contribution in [0.1, 0.15) is 53.0 Å². The van der Waals surface area contributed by atoms with E-state index in [4.69, 9.17) is 4.74 Å². The van der Waals surface area contributed by atoms with Crippen LogP contribution in [0.2, 0.25) is 0 Å². The molecular weight excluding hydrogens is 598 g/mol. The van der Waals surface area contributed by atoms with E-state index in [9.17, 15) is 19.5 Å². The van der Waals surface area contributed by atoms with Crippen LogP contribution in [0, 0.1) is 17.8 Å². The van der Waals surface area contributed by atoms with Crippen LogP contribution in [0.3, 0.4) is 0 Å². The zero-order valence-electron chi connectivity index (χ0n) is 25.5. The molecule has 4 rings (SSSR count). The highest BCUT2D eigenvalue weighted by Gasteiger charge is 2.77. The second-order valence-electron chi connectivity index (χ2n) is 13.3. The van der Waals surface area contributed by atoms with Gasteiger partial charge in [-0.05, 0) is 45.1 Å². The molecule has 7 atom stereocenters. The van der Waals surface area contributed by atoms with Crippen molar-refractivity contribution in [1.29, 1.82) is 0 Å². The topological polar surface area (TPSA) is 90.4 Å². The lowest BCUT2D eigenvalue weighted by Gasteiger charge is -2.43. The van der Waals surface area contributed by atoms with E-state index in [1.807, 2.05) is 65.0 Å². The number of hydrogen-bond acceptors (Lipinski definition) is 5. The Hall–Kier alpha value is -2.49. The van der Waals surface area contributed by atoms with E-state index in [0.717, 1.165) is 5.56 Å². The summed E-state index contributed by atoms with van der Waals surface area (Å²) < 4.78 is 6.75. The molecule has 230 valence electrons. The number of ether oxygens (including phenoxy) is 1. The van der Waals surface area contributed by atoms with Crippen molar-refractivity contribution in [2.24, 2.45) is 17.8 Å². The molecule has 3 saturated heterocycles. The smallest absolute Gasteiger partial charge is 0.249 e. The number of alkyl halides is 1. The fourth-order valence-corrected chi connectivity index (χ4v) is 8.16. The number of hydrogen-bond donors (Lipinski definition) is 1. The summed E-state index contributed by atoms with van der Waals surface area (Å²) in [6.07, 6.45) is 3.73. The van der Waals surface area contributed by atoms with Crippen molar-refractivity contribution in [3.63, 3.8) is 0 Å². The summed E-state index contributed by atoms with van der Waals surface area (Å²) in [5.74, 6) is -2.18. The number of aliphatic hydroxyl groups is 1. The molecule has 1 aromatic rings. The quantitative estimate of drug-likeness (QED) is 0.273. The molecular formula is C33H46BrN3O5. The van der Waals surface area contributed by atoms with Gasteiger partial charge in [-0.2, -0.15) is 0 Å². The van der Waals surface area contributed by atoms with E-state index in [0.29, 0.717) is 32.5 Å². The number of aliphatic hydroxyl groups excluding tert-OH is 1. The average molecular weight is 645 g/mol. The molecule has 1 N–H and O–H groups in total. The Morgan fingerprint density at radius 2 is 1.81 bits per heavy atom. The summed E-state index contributed by atoms with van der Waals surface area (Å²) in [7, 11) is 0. The molecule has 0 aromatic heterocycles. The molecule has 2 bridgehead atoms. The van der Waals surface area contributed by atoms with Crippen LogP contribution in [0.15, 0.2) is 55.6 Å². The third-order valence-electron chi connectivity index (χ3n) is 8.86. The van der Waals surface area contributed by atoms with Crippen LogP contribution in [-0.2, 0) is 25.7 Å². The van der Waals surface area contributed by atoms with E-state index in [1.54, 1.807) is 26.9 Å². The number of fused-ring (bicyclic) bond motifs is 1. The number of amides is 3. The Morgan fingerprint density at radius 1 is 1.17 bits per heavy atom. The van der Waals surface area contributed by atoms with Gasteiger partial charge in [-0.25, -0.2) is 0 Å². The van der Waals surface area contributed by atoms with Crippen LogP contribution in [0.5, 0.6) is 0 Å². The van der Waals surface area contributed by atoms with E-state index in [2.05, 4.69) is 29.1 Å². The summed E-state index contributed by atoms with van der Waals surface area (Å²) in [5.41, 5.74) is -0.788. The molecule has 3 amide bonds. The molecule has 9 heteroatoms. The summed E-state index contributed by atoms with van der Waals surface area (Å²) in [5, 5.41) is 10.6. The third kappa shape index (κ3) is 5.72. The molecule has 3 aliphatic rings. The minimum absolute atomic E-state index is 0.170. The van der Waals surface area contributed by atoms with Gasteiger partial charge < -0.3 is 24.5 Å². The van der Waals surface area contributed by atoms with Gasteiger partial charge in [0.25, 0.3) is 0 Å². The standard InChI is InChI=1S/C33H46BrN3O5/c1-8-15-35(19-22-13-11-10-12-14-22)29(39)25-26-30(40)37(23(20-38)17-21(3)4)28(33(26)18-24(34)27(25)42-33)31(41)36(16-9-2)32(5,6)7/h8-14,21,23-28,38H,1-2,15-20H2,3-7H3/t23-,24?,25-,26+,27-,28?,33?/m1/s1. The molecule has 3 aliphatic heterocycles. The van der Waals surface area contributed by atoms with Gasteiger partial charge in [0.15, 0.2) is 0 Å². The summed E-state index contributed by atoms with van der Waals surface area (Å²) >= 11 is 3.77. The first-order chi connectivity index (χ1) is 19.8. The largest absolute Gasteiger partial charge is 0.394 e. The molecule has 0 radical (unpaired) electrons. The second-order valence-corrected chi connectivity index (χ2v) is 14.5. The molecule has 1 spiro atoms. The minimum Gasteiger partial charge on any atom is -0.394 e. The van der Waals surface area contributed by atoms with E-state index >= 15 is 0 Å². The highest BCUT2D eigenvalue weighted by Crippen LogP contribution is 2.61. The lowest BCUT2D eigenvalue weighted by Crippen LogP contribution is -2.62. The van der Waals surface area contributed by atoms with Crippen molar-refractivity contribution in [2.45, 2.75) is 88.2 Å². The number of carbonyl (C=O) groups is 3. The Bertz CT molecular complexity index is 1180. The van der Waals surface area contributed by atoms with Gasteiger partial charge in [0.05, 0.1) is 30.6 Å². The molecule has 0 aliphatic carbocycles. The van der Waals surface area contributed by atoms with E-state index in [1.165, 1.54) is 0 Å². The van der Waals surface area contributed by atoms with E-state index < -0.39 is 41.2 Å². The Kier molecular flexibility index (Phi) is 9.75. The molecule has 3 fully saturated rings. The number of halogens is 1. The molecule has 1 aromatic carbocycles. The van der Waals surface area contributed by atoms with Crippen molar-refractivity contribution in [1.82, 2.24) is 14.7 Å². The first-order valence-electron chi connectivity index (χ1n) is 14.9. The lowest BCUT2D eigenvalue weighted by atomic mass is 9.70. The second kappa shape index (κ2) is 12.6. The highest BCUT2D eigenvalue weighted by molar-refractivity contribution is 9.09. The third-order valence-corrected chi connectivity index (χ3v) is 9.70. The maximum absolute atomic E-state index is 14.6. The van der Waals surface area contributed by atoms with Crippen LogP contribution in [0.25, 0.3) is 0 Å². The summed E-state index contributed by atoms with van der Waals surface area (Å²) in [6, 6.07) is 8.15. The van der Waals surface area contributed by atoms with Crippen molar-refractivity contribution < 1.29 is 24.2 Å². The first kappa shape index (κ1) is 32.4. The molecule has 8 nitrogen and oxygen atoms in total. The molecule has 42 heavy (non-hydrogen) atoms. The number of likely N-dealkylation sites (tertiary alicyclic amines) is 1. The fourth-order valence-electron chi connectivity index (χ4n) is 7.22. The summed E-state index contributed by atoms with van der Waals surface area (Å²) in [6.45, 7) is 18.3. The Morgan fingerprint density at radius 3 is 2.36 bits per heavy atom. The van der Waals surface area contributed by atoms with Crippen LogP contribution in [-0.4, -0.2) is 91.4 Å². The normalized spacial score (nSPS) is 29.0. The summed E-state index contributed by atoms with van der Waals surface area (Å²) in [4.78, 5) is 48.4. The van der Waals surface area contributed by atoms with Crippen LogP contribution < -0.4 is 0 Å². The van der Waals surface area contributed by atoms with Gasteiger partial charge in [-0.3, -0.25) is 14.4 Å². The van der Waals surface area contributed by atoms with Crippen LogP contribution in [0.4, 0.5) is 0 Å². The number of carbonyl (C=O) groups excluding carboxylic acids is 3. The molecule has 3 heterocycles. The average Bonchev–Trinajstić information content (AvgIpc) is 3.52. The van der Waals surface area contributed by atoms with Crippen molar-refractivity contribution in [2.75, 3.05) is 19.7 Å². The number of benzene rings is 1. The van der Waals surface area contributed by atoms with Gasteiger partial charge in [-0.1, -0.05) is 72.3 Å². The first-order valence-corrected chi connectivity index (χ1v) is 15.8. The lowest BCUT2D eigenvalue weighted by molar-refractivity contribution is -0.155. The number of nitrogens with zero attached hydrogens (tertiary/aromatic N) is 3. The predicted molar refractivity (Wildman–Crippen MR) is 167 cm³/mol. The zero-order chi connectivity index (χ0) is 31.0. The van der Waals surface area contributed by atoms with Gasteiger partial charge in [-0.15, -0.1) is 13.2 Å². The Balaban J connectivity index is 1.82. The zero-order valence-corrected chi connectivity index (χ0v) is 27.1. The predicted octanol–water partition coefficient (Wildman–Crippen LogP) is 4.17. The minimum atomic E-state index is -1.20. The maximum atomic E-state index is 14.6. The van der Waals surface area contributed by atoms with Gasteiger partial charge >= 0.3 is 0 Å². The van der Waals surface area contributed by atoms with Crippen molar-refractivity contribution >= 4 is 33.7 Å². The Labute approximate surface area is 258 Å². The van der Waals surface area contributed by atoms with Gasteiger partial charge in [0.1, 0.15) is 11.6 Å². The highest BCUT2D eigenvalue weighted by atomic mass is 79.9. The molecule has 0 saturated carbocycles.